The number of phenols is 2. The van der Waals surface area contributed by atoms with Gasteiger partial charge in [-0.05, 0) is 63.8 Å². The number of allylic oxidation sites excluding steroid dienone is 4. The predicted molar refractivity (Wildman–Crippen MR) is 117 cm³/mol. The molecule has 6 nitrogen and oxygen atoms in total. The molecule has 0 spiro atoms. The first kappa shape index (κ1) is 21.0. The molecule has 0 radical (unpaired) electrons. The van der Waals surface area contributed by atoms with Gasteiger partial charge < -0.3 is 29.6 Å². The summed E-state index contributed by atoms with van der Waals surface area (Å²) in [5.41, 5.74) is 3.52. The lowest BCUT2D eigenvalue weighted by Gasteiger charge is -2.27. The molecule has 0 atom stereocenters. The zero-order valence-corrected chi connectivity index (χ0v) is 17.8. The fraction of sp³-hybridized carbons (Fsp3) is 0.280. The third-order valence-corrected chi connectivity index (χ3v) is 5.47. The maximum absolute atomic E-state index is 10.7. The Morgan fingerprint density at radius 3 is 2.55 bits per heavy atom. The average Bonchev–Trinajstić information content (AvgIpc) is 3.03. The molecule has 0 saturated heterocycles. The average molecular weight is 422 g/mol. The van der Waals surface area contributed by atoms with Gasteiger partial charge in [-0.15, -0.1) is 0 Å². The summed E-state index contributed by atoms with van der Waals surface area (Å²) in [5, 5.41) is 42.2. The van der Waals surface area contributed by atoms with Gasteiger partial charge in [0.25, 0.3) is 5.79 Å². The van der Waals surface area contributed by atoms with E-state index in [9.17, 15) is 20.4 Å². The molecule has 0 unspecified atom stereocenters. The van der Waals surface area contributed by atoms with Gasteiger partial charge in [0.1, 0.15) is 22.8 Å². The van der Waals surface area contributed by atoms with Crippen molar-refractivity contribution in [2.45, 2.75) is 45.8 Å². The van der Waals surface area contributed by atoms with Gasteiger partial charge in [-0.1, -0.05) is 23.3 Å². The molecule has 4 rings (SSSR count). The zero-order valence-electron chi connectivity index (χ0n) is 17.8. The van der Waals surface area contributed by atoms with Crippen molar-refractivity contribution >= 4 is 11.0 Å². The number of ether oxygens (including phenoxy) is 1. The van der Waals surface area contributed by atoms with Crippen LogP contribution in [0, 0.1) is 0 Å². The Morgan fingerprint density at radius 1 is 1.03 bits per heavy atom. The summed E-state index contributed by atoms with van der Waals surface area (Å²) in [6.07, 6.45) is 6.70. The minimum atomic E-state index is -2.42. The molecule has 0 amide bonds. The highest BCUT2D eigenvalue weighted by atomic mass is 16.5. The summed E-state index contributed by atoms with van der Waals surface area (Å²) in [7, 11) is 0. The molecule has 1 aliphatic heterocycles. The van der Waals surface area contributed by atoms with Gasteiger partial charge in [0.05, 0.1) is 10.9 Å². The van der Waals surface area contributed by atoms with E-state index in [0.29, 0.717) is 17.4 Å². The predicted octanol–water partition coefficient (Wildman–Crippen LogP) is 5.37. The van der Waals surface area contributed by atoms with E-state index in [4.69, 9.17) is 9.15 Å². The Morgan fingerprint density at radius 2 is 1.81 bits per heavy atom. The SMILES string of the molecule is CC(C)=CCC/C(C)=C/Cc1cc2c3c(oc2cc1O)C(O)(O)c1ccc(O)cc1O3. The van der Waals surface area contributed by atoms with Gasteiger partial charge in [-0.3, -0.25) is 0 Å². The van der Waals surface area contributed by atoms with Crippen molar-refractivity contribution in [3.63, 3.8) is 0 Å². The lowest BCUT2D eigenvalue weighted by atomic mass is 9.98. The van der Waals surface area contributed by atoms with E-state index >= 15 is 0 Å². The van der Waals surface area contributed by atoms with Crippen molar-refractivity contribution in [1.29, 1.82) is 0 Å². The number of phenolic OH excluding ortho intramolecular Hbond substituents is 2. The van der Waals surface area contributed by atoms with E-state index in [1.165, 1.54) is 35.4 Å². The van der Waals surface area contributed by atoms with Crippen LogP contribution in [0.1, 0.15) is 50.5 Å². The number of furan rings is 1. The van der Waals surface area contributed by atoms with Crippen LogP contribution in [0.4, 0.5) is 0 Å². The highest BCUT2D eigenvalue weighted by Gasteiger charge is 2.44. The molecule has 0 bridgehead atoms. The third-order valence-electron chi connectivity index (χ3n) is 5.47. The van der Waals surface area contributed by atoms with E-state index in [1.54, 1.807) is 6.07 Å². The van der Waals surface area contributed by atoms with Gasteiger partial charge in [0.15, 0.2) is 5.75 Å². The summed E-state index contributed by atoms with van der Waals surface area (Å²) in [4.78, 5) is 0. The van der Waals surface area contributed by atoms with Gasteiger partial charge in [0.2, 0.25) is 5.76 Å². The quantitative estimate of drug-likeness (QED) is 0.326. The molecule has 2 aromatic carbocycles. The van der Waals surface area contributed by atoms with Crippen LogP contribution >= 0.6 is 0 Å². The monoisotopic (exact) mass is 422 g/mol. The fourth-order valence-electron chi connectivity index (χ4n) is 3.74. The van der Waals surface area contributed by atoms with Crippen molar-refractivity contribution in [2.24, 2.45) is 0 Å². The molecule has 4 N–H and O–H groups in total. The van der Waals surface area contributed by atoms with Crippen molar-refractivity contribution in [2.75, 3.05) is 0 Å². The van der Waals surface area contributed by atoms with Gasteiger partial charge in [0, 0.05) is 12.1 Å². The van der Waals surface area contributed by atoms with Crippen molar-refractivity contribution in [3.05, 3.63) is 70.5 Å². The molecule has 162 valence electrons. The minimum absolute atomic E-state index is 0.0575. The maximum Gasteiger partial charge on any atom is 0.258 e. The standard InChI is InChI=1S/C25H26O6/c1-14(2)5-4-6-15(3)7-8-16-11-18-21(13-20(16)27)31-24-23(18)30-22-12-17(26)9-10-19(22)25(24,28)29/h5,7,9-13,26-29H,4,6,8H2,1-3H3/b15-7+. The minimum Gasteiger partial charge on any atom is -0.508 e. The first-order valence-corrected chi connectivity index (χ1v) is 10.2. The normalized spacial score (nSPS) is 14.7. The second kappa shape index (κ2) is 7.80. The number of fused-ring (bicyclic) bond motifs is 4. The Hall–Kier alpha value is -3.22. The molecule has 0 aliphatic carbocycles. The van der Waals surface area contributed by atoms with Crippen LogP contribution in [0.25, 0.3) is 11.0 Å². The molecule has 0 saturated carbocycles. The Bertz CT molecular complexity index is 1210. The number of aromatic hydroxyl groups is 2. The van der Waals surface area contributed by atoms with Crippen LogP contribution in [0.3, 0.4) is 0 Å². The van der Waals surface area contributed by atoms with Crippen LogP contribution in [-0.2, 0) is 12.2 Å². The van der Waals surface area contributed by atoms with E-state index < -0.39 is 5.79 Å². The number of hydrogen-bond donors (Lipinski definition) is 4. The molecule has 31 heavy (non-hydrogen) atoms. The first-order chi connectivity index (χ1) is 14.7. The molecular formula is C25H26O6. The lowest BCUT2D eigenvalue weighted by molar-refractivity contribution is -0.150. The Labute approximate surface area is 180 Å². The van der Waals surface area contributed by atoms with Gasteiger partial charge >= 0.3 is 0 Å². The summed E-state index contributed by atoms with van der Waals surface area (Å²) < 4.78 is 11.5. The fourth-order valence-corrected chi connectivity index (χ4v) is 3.74. The largest absolute Gasteiger partial charge is 0.508 e. The van der Waals surface area contributed by atoms with E-state index in [0.717, 1.165) is 12.8 Å². The second-order valence-electron chi connectivity index (χ2n) is 8.27. The summed E-state index contributed by atoms with van der Waals surface area (Å²) >= 11 is 0. The maximum atomic E-state index is 10.7. The summed E-state index contributed by atoms with van der Waals surface area (Å²) in [6.45, 7) is 6.22. The number of hydrogen-bond acceptors (Lipinski definition) is 6. The third kappa shape index (κ3) is 3.92. The van der Waals surface area contributed by atoms with Crippen LogP contribution in [0.5, 0.6) is 23.0 Å². The topological polar surface area (TPSA) is 103 Å². The van der Waals surface area contributed by atoms with Crippen LogP contribution in [-0.4, -0.2) is 20.4 Å². The summed E-state index contributed by atoms with van der Waals surface area (Å²) in [6, 6.07) is 7.21. The highest BCUT2D eigenvalue weighted by molar-refractivity contribution is 5.89. The van der Waals surface area contributed by atoms with E-state index in [2.05, 4.69) is 32.9 Å². The summed E-state index contributed by atoms with van der Waals surface area (Å²) in [5.74, 6) is -2.30. The van der Waals surface area contributed by atoms with Crippen LogP contribution < -0.4 is 4.74 Å². The Kier molecular flexibility index (Phi) is 5.29. The van der Waals surface area contributed by atoms with Crippen LogP contribution in [0.2, 0.25) is 0 Å². The molecule has 0 fully saturated rings. The number of rotatable bonds is 5. The molecule has 1 aliphatic rings. The van der Waals surface area contributed by atoms with Gasteiger partial charge in [-0.25, -0.2) is 0 Å². The highest BCUT2D eigenvalue weighted by Crippen LogP contribution is 2.51. The van der Waals surface area contributed by atoms with Crippen LogP contribution in [0.15, 0.2) is 58.0 Å². The number of benzene rings is 2. The number of aliphatic hydroxyl groups is 2. The molecule has 3 aromatic rings. The van der Waals surface area contributed by atoms with Gasteiger partial charge in [-0.2, -0.15) is 0 Å². The molecular weight excluding hydrogens is 396 g/mol. The molecule has 6 heteroatoms. The molecule has 2 heterocycles. The van der Waals surface area contributed by atoms with E-state index in [1.807, 2.05) is 0 Å². The Balaban J connectivity index is 1.69. The molecule has 1 aromatic heterocycles. The lowest BCUT2D eigenvalue weighted by Crippen LogP contribution is -2.29. The first-order valence-electron chi connectivity index (χ1n) is 10.2. The van der Waals surface area contributed by atoms with Crippen molar-refractivity contribution in [3.8, 4) is 23.0 Å². The smallest absolute Gasteiger partial charge is 0.258 e. The van der Waals surface area contributed by atoms with Crippen molar-refractivity contribution < 1.29 is 29.6 Å². The second-order valence-corrected chi connectivity index (χ2v) is 8.27. The van der Waals surface area contributed by atoms with E-state index in [-0.39, 0.29) is 39.9 Å². The van der Waals surface area contributed by atoms with Crippen molar-refractivity contribution in [1.82, 2.24) is 0 Å². The zero-order chi connectivity index (χ0) is 22.3.